The zero-order valence-electron chi connectivity index (χ0n) is 31.5. The van der Waals surface area contributed by atoms with Crippen molar-refractivity contribution < 1.29 is 49.1 Å². The van der Waals surface area contributed by atoms with Crippen molar-refractivity contribution in [3.05, 3.63) is 35.9 Å². The third kappa shape index (κ3) is 12.4. The van der Waals surface area contributed by atoms with Gasteiger partial charge in [0, 0.05) is 13.7 Å². The molecule has 298 valence electrons. The number of ether oxygens (including phenoxy) is 1. The van der Waals surface area contributed by atoms with E-state index in [1.165, 1.54) is 31.1 Å². The molecule has 0 aromatic heterocycles. The van der Waals surface area contributed by atoms with Crippen LogP contribution in [0.15, 0.2) is 35.3 Å². The number of nitrogens with zero attached hydrogens (tertiary/aromatic N) is 2. The largest absolute Gasteiger partial charge is 0.480 e. The zero-order chi connectivity index (χ0) is 40.0. The van der Waals surface area contributed by atoms with Crippen LogP contribution in [0.4, 0.5) is 0 Å². The number of rotatable bonds is 21. The summed E-state index contributed by atoms with van der Waals surface area (Å²) in [6.07, 6.45) is -1.87. The van der Waals surface area contributed by atoms with Crippen LogP contribution in [-0.2, 0) is 28.7 Å². The van der Waals surface area contributed by atoms with E-state index in [1.807, 2.05) is 20.8 Å². The standard InChI is InChI=1S/C36H59N7O10/c1-7-19(3)27(40-34(50)28(20(4)8-2)41-33(49)23(18-44)39-36(37)38)25(53-6)17-26(45)43-16-12-15-24(43)30(46)21(5)32(48)42-29(35(51)52)31(47)22-13-10-9-11-14-22/h9-11,13-14,19-21,23-25,27-31,44,46-47H,7-8,12,15-18H2,1-6H3,(H,40,50)(H,41,49)(H,42,48)(H,51,52)(H4,37,38,39)/t19-,20-,21+,23-,24-,25+,27-,28-,29-,30+,31+/m0/s1. The van der Waals surface area contributed by atoms with E-state index in [0.717, 1.165) is 0 Å². The molecule has 11 N–H and O–H groups in total. The van der Waals surface area contributed by atoms with E-state index >= 15 is 0 Å². The van der Waals surface area contributed by atoms with Crippen LogP contribution >= 0.6 is 0 Å². The Kier molecular flexibility index (Phi) is 18.1. The fourth-order valence-corrected chi connectivity index (χ4v) is 6.42. The molecule has 4 amide bonds. The predicted octanol–water partition coefficient (Wildman–Crippen LogP) is -0.621. The minimum Gasteiger partial charge on any atom is -0.480 e. The molecular weight excluding hydrogens is 690 g/mol. The number of aliphatic hydroxyl groups is 3. The van der Waals surface area contributed by atoms with Crippen molar-refractivity contribution in [3.63, 3.8) is 0 Å². The van der Waals surface area contributed by atoms with E-state index in [4.69, 9.17) is 16.2 Å². The Balaban J connectivity index is 2.22. The molecule has 0 radical (unpaired) electrons. The number of hydrogen-bond donors (Lipinski definition) is 9. The Labute approximate surface area is 310 Å². The summed E-state index contributed by atoms with van der Waals surface area (Å²) in [4.78, 5) is 71.0. The first-order valence-electron chi connectivity index (χ1n) is 18.1. The number of aliphatic hydroxyl groups excluding tert-OH is 3. The van der Waals surface area contributed by atoms with Gasteiger partial charge in [-0.3, -0.25) is 19.2 Å². The lowest BCUT2D eigenvalue weighted by Crippen LogP contribution is -2.58. The van der Waals surface area contributed by atoms with Crippen LogP contribution < -0.4 is 27.4 Å². The summed E-state index contributed by atoms with van der Waals surface area (Å²) in [6.45, 7) is 8.47. The van der Waals surface area contributed by atoms with Crippen molar-refractivity contribution in [2.24, 2.45) is 34.2 Å². The van der Waals surface area contributed by atoms with E-state index in [9.17, 15) is 44.4 Å². The number of amides is 4. The van der Waals surface area contributed by atoms with Crippen molar-refractivity contribution in [3.8, 4) is 0 Å². The van der Waals surface area contributed by atoms with Crippen molar-refractivity contribution in [2.75, 3.05) is 20.3 Å². The molecule has 1 aromatic carbocycles. The number of hydrogen-bond acceptors (Lipinski definition) is 10. The number of carbonyl (C=O) groups excluding carboxylic acids is 4. The maximum atomic E-state index is 13.9. The molecular formula is C36H59N7O10. The quantitative estimate of drug-likeness (QED) is 0.0562. The zero-order valence-corrected chi connectivity index (χ0v) is 31.5. The first kappa shape index (κ1) is 44.8. The number of aliphatic imine (C=N–C) groups is 1. The summed E-state index contributed by atoms with van der Waals surface area (Å²) in [5.41, 5.74) is 11.1. The van der Waals surface area contributed by atoms with Crippen LogP contribution in [0.25, 0.3) is 0 Å². The van der Waals surface area contributed by atoms with Gasteiger partial charge in [-0.15, -0.1) is 0 Å². The number of benzene rings is 1. The molecule has 1 aromatic rings. The summed E-state index contributed by atoms with van der Waals surface area (Å²) in [5.74, 6) is -5.98. The highest BCUT2D eigenvalue weighted by molar-refractivity contribution is 5.92. The number of carbonyl (C=O) groups is 5. The number of methoxy groups -OCH3 is 1. The van der Waals surface area contributed by atoms with Crippen LogP contribution in [0.3, 0.4) is 0 Å². The maximum absolute atomic E-state index is 13.9. The molecule has 17 heteroatoms. The number of aliphatic carboxylic acids is 1. The topological polar surface area (TPSA) is 279 Å². The smallest absolute Gasteiger partial charge is 0.329 e. The van der Waals surface area contributed by atoms with Crippen molar-refractivity contribution in [2.45, 2.75) is 115 Å². The molecule has 0 aliphatic carbocycles. The molecule has 17 nitrogen and oxygen atoms in total. The van der Waals surface area contributed by atoms with E-state index in [-0.39, 0.29) is 24.2 Å². The Morgan fingerprint density at radius 1 is 0.925 bits per heavy atom. The van der Waals surface area contributed by atoms with Crippen LogP contribution in [0, 0.1) is 17.8 Å². The van der Waals surface area contributed by atoms with Gasteiger partial charge in [-0.2, -0.15) is 0 Å². The third-order valence-electron chi connectivity index (χ3n) is 10.2. The maximum Gasteiger partial charge on any atom is 0.329 e. The van der Waals surface area contributed by atoms with Gasteiger partial charge in [0.2, 0.25) is 23.6 Å². The van der Waals surface area contributed by atoms with E-state index < -0.39 is 90.7 Å². The average molecular weight is 750 g/mol. The Hall–Kier alpha value is -4.32. The van der Waals surface area contributed by atoms with Gasteiger partial charge < -0.3 is 57.5 Å². The second kappa shape index (κ2) is 21.4. The molecule has 53 heavy (non-hydrogen) atoms. The SMILES string of the molecule is CC[C@H](C)[C@H](NC(=O)[C@@H](NC(=O)[C@H](CO)N=C(N)N)[C@@H](C)CC)[C@@H](CC(=O)N1CCC[C@H]1[C@H](O)[C@@H](C)C(=O)N[C@H](C(=O)O)[C@H](O)c1ccccc1)OC. The Morgan fingerprint density at radius 2 is 1.53 bits per heavy atom. The minimum absolute atomic E-state index is 0.183. The molecule has 1 saturated heterocycles. The second-order valence-electron chi connectivity index (χ2n) is 13.8. The summed E-state index contributed by atoms with van der Waals surface area (Å²) in [7, 11) is 1.42. The normalized spacial score (nSPS) is 19.9. The number of nitrogens with one attached hydrogen (secondary N) is 3. The summed E-state index contributed by atoms with van der Waals surface area (Å²) in [5, 5.41) is 49.4. The Bertz CT molecular complexity index is 1400. The molecule has 1 aliphatic heterocycles. The fourth-order valence-electron chi connectivity index (χ4n) is 6.42. The lowest BCUT2D eigenvalue weighted by atomic mass is 9.90. The van der Waals surface area contributed by atoms with Crippen LogP contribution in [0.5, 0.6) is 0 Å². The van der Waals surface area contributed by atoms with Crippen molar-refractivity contribution in [1.82, 2.24) is 20.9 Å². The highest BCUT2D eigenvalue weighted by Crippen LogP contribution is 2.27. The third-order valence-corrected chi connectivity index (χ3v) is 10.2. The van der Waals surface area contributed by atoms with Gasteiger partial charge in [-0.05, 0) is 30.2 Å². The van der Waals surface area contributed by atoms with Gasteiger partial charge in [0.25, 0.3) is 0 Å². The van der Waals surface area contributed by atoms with Crippen molar-refractivity contribution >= 4 is 35.6 Å². The number of nitrogens with two attached hydrogens (primary N) is 2. The summed E-state index contributed by atoms with van der Waals surface area (Å²) < 4.78 is 5.79. The lowest BCUT2D eigenvalue weighted by molar-refractivity contribution is -0.147. The van der Waals surface area contributed by atoms with Crippen LogP contribution in [0.2, 0.25) is 0 Å². The fraction of sp³-hybridized carbons (Fsp3) is 0.667. The number of carboxylic acid groups (broad SMARTS) is 1. The van der Waals surface area contributed by atoms with Crippen LogP contribution in [-0.4, -0.2) is 124 Å². The molecule has 0 unspecified atom stereocenters. The first-order valence-corrected chi connectivity index (χ1v) is 18.1. The van der Waals surface area contributed by atoms with Crippen LogP contribution in [0.1, 0.15) is 78.4 Å². The molecule has 0 saturated carbocycles. The predicted molar refractivity (Wildman–Crippen MR) is 196 cm³/mol. The molecule has 1 heterocycles. The average Bonchev–Trinajstić information content (AvgIpc) is 3.65. The monoisotopic (exact) mass is 749 g/mol. The molecule has 0 bridgehead atoms. The molecule has 1 fully saturated rings. The van der Waals surface area contributed by atoms with E-state index in [0.29, 0.717) is 37.8 Å². The van der Waals surface area contributed by atoms with E-state index in [1.54, 1.807) is 25.1 Å². The van der Waals surface area contributed by atoms with Gasteiger partial charge in [0.05, 0.1) is 43.2 Å². The highest BCUT2D eigenvalue weighted by atomic mass is 16.5. The van der Waals surface area contributed by atoms with Gasteiger partial charge in [0.1, 0.15) is 12.1 Å². The number of guanidine groups is 1. The number of likely N-dealkylation sites (tertiary alicyclic amines) is 1. The van der Waals surface area contributed by atoms with Gasteiger partial charge in [0.15, 0.2) is 18.0 Å². The summed E-state index contributed by atoms with van der Waals surface area (Å²) >= 11 is 0. The first-order chi connectivity index (χ1) is 25.0. The molecule has 2 rings (SSSR count). The Morgan fingerprint density at radius 3 is 2.06 bits per heavy atom. The lowest BCUT2D eigenvalue weighted by Gasteiger charge is -2.36. The molecule has 0 spiro atoms. The number of carboxylic acids is 1. The highest BCUT2D eigenvalue weighted by Gasteiger charge is 2.42. The second-order valence-corrected chi connectivity index (χ2v) is 13.8. The minimum atomic E-state index is -1.68. The van der Waals surface area contributed by atoms with Gasteiger partial charge in [-0.25, -0.2) is 9.79 Å². The van der Waals surface area contributed by atoms with E-state index in [2.05, 4.69) is 20.9 Å². The molecule has 1 aliphatic rings. The van der Waals surface area contributed by atoms with Gasteiger partial charge in [-0.1, -0.05) is 77.8 Å². The van der Waals surface area contributed by atoms with Crippen molar-refractivity contribution in [1.29, 1.82) is 0 Å². The summed E-state index contributed by atoms with van der Waals surface area (Å²) in [6, 6.07) is 2.53. The molecule has 11 atom stereocenters. The van der Waals surface area contributed by atoms with Gasteiger partial charge >= 0.3 is 5.97 Å².